The maximum Gasteiger partial charge on any atom is 0.138 e. The summed E-state index contributed by atoms with van der Waals surface area (Å²) in [6.07, 6.45) is 0.698. The Kier molecular flexibility index (Phi) is 4.38. The van der Waals surface area contributed by atoms with E-state index in [1.54, 1.807) is 6.07 Å². The van der Waals surface area contributed by atoms with Crippen LogP contribution in [0.5, 0.6) is 5.75 Å². The molecule has 1 N–H and O–H groups in total. The standard InChI is InChI=1S/C12H15ClO2S/c13-10-3-1-2-4-12(10)15-7-11(14)9-5-6-16-8-9/h1-4,9,11,14H,5-8H2. The SMILES string of the molecule is OC(COc1ccccc1Cl)C1CCSC1. The Balaban J connectivity index is 1.84. The normalized spacial score (nSPS) is 22.0. The molecule has 1 aromatic rings. The predicted molar refractivity (Wildman–Crippen MR) is 68.4 cm³/mol. The third kappa shape index (κ3) is 3.06. The molecule has 2 rings (SSSR count). The van der Waals surface area contributed by atoms with Gasteiger partial charge in [0.05, 0.1) is 11.1 Å². The molecule has 0 spiro atoms. The molecule has 1 fully saturated rings. The summed E-state index contributed by atoms with van der Waals surface area (Å²) in [6, 6.07) is 7.34. The lowest BCUT2D eigenvalue weighted by atomic mass is 10.0. The van der Waals surface area contributed by atoms with E-state index in [-0.39, 0.29) is 6.10 Å². The molecular formula is C12H15ClO2S. The van der Waals surface area contributed by atoms with Gasteiger partial charge < -0.3 is 9.84 Å². The second kappa shape index (κ2) is 5.80. The van der Waals surface area contributed by atoms with E-state index in [0.29, 0.717) is 23.3 Å². The van der Waals surface area contributed by atoms with E-state index < -0.39 is 0 Å². The van der Waals surface area contributed by atoms with Crippen molar-refractivity contribution in [3.05, 3.63) is 29.3 Å². The van der Waals surface area contributed by atoms with Gasteiger partial charge in [-0.3, -0.25) is 0 Å². The topological polar surface area (TPSA) is 29.5 Å². The van der Waals surface area contributed by atoms with Crippen LogP contribution in [0.1, 0.15) is 6.42 Å². The maximum absolute atomic E-state index is 9.92. The van der Waals surface area contributed by atoms with Crippen molar-refractivity contribution in [3.8, 4) is 5.75 Å². The number of thioether (sulfide) groups is 1. The third-order valence-corrected chi connectivity index (χ3v) is 4.26. The van der Waals surface area contributed by atoms with Crippen molar-refractivity contribution in [2.75, 3.05) is 18.1 Å². The first-order valence-corrected chi connectivity index (χ1v) is 6.94. The number of aliphatic hydroxyl groups is 1. The highest BCUT2D eigenvalue weighted by Crippen LogP contribution is 2.28. The average Bonchev–Trinajstić information content (AvgIpc) is 2.81. The zero-order valence-electron chi connectivity index (χ0n) is 8.93. The summed E-state index contributed by atoms with van der Waals surface area (Å²) in [4.78, 5) is 0. The summed E-state index contributed by atoms with van der Waals surface area (Å²) < 4.78 is 5.52. The molecule has 1 aliphatic rings. The molecular weight excluding hydrogens is 244 g/mol. The van der Waals surface area contributed by atoms with Crippen LogP contribution in [0.25, 0.3) is 0 Å². The molecule has 4 heteroatoms. The van der Waals surface area contributed by atoms with Gasteiger partial charge in [-0.25, -0.2) is 0 Å². The molecule has 0 amide bonds. The summed E-state index contributed by atoms with van der Waals surface area (Å²) in [5.41, 5.74) is 0. The quantitative estimate of drug-likeness (QED) is 0.901. The number of rotatable bonds is 4. The maximum atomic E-state index is 9.92. The molecule has 2 nitrogen and oxygen atoms in total. The van der Waals surface area contributed by atoms with Crippen molar-refractivity contribution in [3.63, 3.8) is 0 Å². The first-order valence-electron chi connectivity index (χ1n) is 5.40. The Labute approximate surface area is 105 Å². The molecule has 2 unspecified atom stereocenters. The molecule has 0 aromatic heterocycles. The highest BCUT2D eigenvalue weighted by atomic mass is 35.5. The Morgan fingerprint density at radius 2 is 2.31 bits per heavy atom. The van der Waals surface area contributed by atoms with E-state index >= 15 is 0 Å². The van der Waals surface area contributed by atoms with Crippen LogP contribution in [0.2, 0.25) is 5.02 Å². The molecule has 16 heavy (non-hydrogen) atoms. The summed E-state index contributed by atoms with van der Waals surface area (Å²) in [6.45, 7) is 0.328. The van der Waals surface area contributed by atoms with E-state index in [0.717, 1.165) is 17.9 Å². The molecule has 0 bridgehead atoms. The molecule has 1 aliphatic heterocycles. The van der Waals surface area contributed by atoms with Crippen LogP contribution in [-0.2, 0) is 0 Å². The minimum absolute atomic E-state index is 0.328. The van der Waals surface area contributed by atoms with E-state index in [9.17, 15) is 5.11 Å². The number of benzene rings is 1. The molecule has 0 aliphatic carbocycles. The molecule has 0 saturated carbocycles. The van der Waals surface area contributed by atoms with E-state index in [4.69, 9.17) is 16.3 Å². The van der Waals surface area contributed by atoms with Gasteiger partial charge in [-0.05, 0) is 36.0 Å². The van der Waals surface area contributed by atoms with Crippen molar-refractivity contribution < 1.29 is 9.84 Å². The van der Waals surface area contributed by atoms with E-state index in [1.165, 1.54) is 0 Å². The first-order chi connectivity index (χ1) is 7.77. The zero-order valence-corrected chi connectivity index (χ0v) is 10.5. The van der Waals surface area contributed by atoms with Crippen molar-refractivity contribution in [2.45, 2.75) is 12.5 Å². The summed E-state index contributed by atoms with van der Waals surface area (Å²) >= 11 is 7.85. The number of aliphatic hydroxyl groups excluding tert-OH is 1. The van der Waals surface area contributed by atoms with Gasteiger partial charge in [-0.15, -0.1) is 0 Å². The van der Waals surface area contributed by atoms with Gasteiger partial charge in [-0.1, -0.05) is 23.7 Å². The fraction of sp³-hybridized carbons (Fsp3) is 0.500. The van der Waals surface area contributed by atoms with Crippen LogP contribution in [0, 0.1) is 5.92 Å². The number of hydrogen-bond acceptors (Lipinski definition) is 3. The van der Waals surface area contributed by atoms with Crippen molar-refractivity contribution in [2.24, 2.45) is 5.92 Å². The van der Waals surface area contributed by atoms with E-state index in [2.05, 4.69) is 0 Å². The molecule has 1 saturated heterocycles. The largest absolute Gasteiger partial charge is 0.489 e. The van der Waals surface area contributed by atoms with Crippen LogP contribution in [-0.4, -0.2) is 29.3 Å². The lowest BCUT2D eigenvalue weighted by Gasteiger charge is -2.17. The molecule has 2 atom stereocenters. The smallest absolute Gasteiger partial charge is 0.138 e. The molecule has 0 radical (unpaired) electrons. The van der Waals surface area contributed by atoms with Gasteiger partial charge in [0.25, 0.3) is 0 Å². The second-order valence-corrected chi connectivity index (χ2v) is 5.49. The van der Waals surface area contributed by atoms with Crippen LogP contribution < -0.4 is 4.74 Å². The minimum atomic E-state index is -0.383. The van der Waals surface area contributed by atoms with Crippen molar-refractivity contribution in [1.82, 2.24) is 0 Å². The Hall–Kier alpha value is -0.380. The Bertz CT molecular complexity index is 340. The second-order valence-electron chi connectivity index (χ2n) is 3.93. The first kappa shape index (κ1) is 12.1. The van der Waals surface area contributed by atoms with Gasteiger partial charge in [0.1, 0.15) is 12.4 Å². The minimum Gasteiger partial charge on any atom is -0.489 e. The molecule has 1 heterocycles. The van der Waals surface area contributed by atoms with Gasteiger partial charge in [0.2, 0.25) is 0 Å². The van der Waals surface area contributed by atoms with E-state index in [1.807, 2.05) is 30.0 Å². The van der Waals surface area contributed by atoms with Gasteiger partial charge in [0.15, 0.2) is 0 Å². The van der Waals surface area contributed by atoms with Gasteiger partial charge >= 0.3 is 0 Å². The lowest BCUT2D eigenvalue weighted by molar-refractivity contribution is 0.0663. The zero-order chi connectivity index (χ0) is 11.4. The van der Waals surface area contributed by atoms with Crippen LogP contribution in [0.4, 0.5) is 0 Å². The highest BCUT2D eigenvalue weighted by Gasteiger charge is 2.24. The molecule has 1 aromatic carbocycles. The summed E-state index contributed by atoms with van der Waals surface area (Å²) in [5, 5.41) is 10.5. The van der Waals surface area contributed by atoms with Crippen molar-refractivity contribution in [1.29, 1.82) is 0 Å². The number of para-hydroxylation sites is 1. The summed E-state index contributed by atoms with van der Waals surface area (Å²) in [5.74, 6) is 3.20. The monoisotopic (exact) mass is 258 g/mol. The number of hydrogen-bond donors (Lipinski definition) is 1. The number of halogens is 1. The number of ether oxygens (including phenoxy) is 1. The lowest BCUT2D eigenvalue weighted by Crippen LogP contribution is -2.27. The molecule has 88 valence electrons. The van der Waals surface area contributed by atoms with Crippen LogP contribution in [0.15, 0.2) is 24.3 Å². The van der Waals surface area contributed by atoms with Gasteiger partial charge in [-0.2, -0.15) is 11.8 Å². The Morgan fingerprint density at radius 3 is 3.00 bits per heavy atom. The summed E-state index contributed by atoms with van der Waals surface area (Å²) in [7, 11) is 0. The highest BCUT2D eigenvalue weighted by molar-refractivity contribution is 7.99. The van der Waals surface area contributed by atoms with Crippen LogP contribution in [0.3, 0.4) is 0 Å². The Morgan fingerprint density at radius 1 is 1.50 bits per heavy atom. The van der Waals surface area contributed by atoms with Crippen molar-refractivity contribution >= 4 is 23.4 Å². The average molecular weight is 259 g/mol. The van der Waals surface area contributed by atoms with Crippen LogP contribution >= 0.6 is 23.4 Å². The van der Waals surface area contributed by atoms with Gasteiger partial charge in [0, 0.05) is 0 Å². The fourth-order valence-corrected chi connectivity index (χ4v) is 3.25. The fourth-order valence-electron chi connectivity index (χ4n) is 1.73. The predicted octanol–water partition coefficient (Wildman–Crippen LogP) is 2.83. The third-order valence-electron chi connectivity index (χ3n) is 2.76.